The third kappa shape index (κ3) is 7.34. The van der Waals surface area contributed by atoms with Crippen LogP contribution in [0.1, 0.15) is 5.56 Å². The molecule has 0 amide bonds. The number of nitriles is 1. The third-order valence-electron chi connectivity index (χ3n) is 14.7. The second-order valence-corrected chi connectivity index (χ2v) is 19.0. The van der Waals surface area contributed by atoms with Crippen LogP contribution in [0.2, 0.25) is 0 Å². The van der Waals surface area contributed by atoms with Gasteiger partial charge in [0, 0.05) is 22.3 Å². The normalized spacial score (nSPS) is 11.5. The molecule has 0 radical (unpaired) electrons. The fraction of sp³-hybridized carbons (Fsp3) is 0. The van der Waals surface area contributed by atoms with Crippen molar-refractivity contribution >= 4 is 32.3 Å². The third-order valence-corrected chi connectivity index (χ3v) is 14.7. The zero-order chi connectivity index (χ0) is 49.1. The molecule has 13 aromatic rings. The molecule has 0 saturated heterocycles. The van der Waals surface area contributed by atoms with Crippen LogP contribution in [0.4, 0.5) is 0 Å². The second-order valence-electron chi connectivity index (χ2n) is 19.0. The molecular formula is C70H42N4. The van der Waals surface area contributed by atoms with Gasteiger partial charge in [0.1, 0.15) is 0 Å². The van der Waals surface area contributed by atoms with E-state index in [4.69, 9.17) is 15.0 Å². The van der Waals surface area contributed by atoms with E-state index < -0.39 is 0 Å². The molecule has 1 heterocycles. The van der Waals surface area contributed by atoms with Crippen molar-refractivity contribution in [2.75, 3.05) is 0 Å². The Bertz CT molecular complexity index is 4450. The van der Waals surface area contributed by atoms with E-state index in [9.17, 15) is 5.26 Å². The average Bonchev–Trinajstić information content (AvgIpc) is 3.83. The van der Waals surface area contributed by atoms with Gasteiger partial charge in [0.15, 0.2) is 17.5 Å². The Hall–Kier alpha value is -10.1. The van der Waals surface area contributed by atoms with E-state index in [0.29, 0.717) is 23.0 Å². The summed E-state index contributed by atoms with van der Waals surface area (Å²) in [5.74, 6) is 1.77. The number of hydrogen-bond donors (Lipinski definition) is 0. The zero-order valence-corrected chi connectivity index (χ0v) is 40.0. The molecule has 0 atom stereocenters. The SMILES string of the molecule is N#Cc1ccc(-c2cccc(-c3ccc4c(c3)-c3cccc5cccc-4c35)c2)cc1-c1cccc(-c2cccc(-c3nc(-c4ccccc4)nc(-c4ccccc4-c4cc5ccccc5c5ccccc45)n3)c2)c1. The number of benzene rings is 12. The Morgan fingerprint density at radius 1 is 0.243 bits per heavy atom. The molecule has 0 N–H and O–H groups in total. The Labute approximate surface area is 428 Å². The highest BCUT2D eigenvalue weighted by Gasteiger charge is 2.22. The second kappa shape index (κ2) is 17.6. The summed E-state index contributed by atoms with van der Waals surface area (Å²) >= 11 is 0. The molecule has 342 valence electrons. The van der Waals surface area contributed by atoms with E-state index in [0.717, 1.165) is 66.8 Å². The van der Waals surface area contributed by atoms with E-state index in [1.54, 1.807) is 0 Å². The van der Waals surface area contributed by atoms with E-state index in [1.807, 2.05) is 36.4 Å². The van der Waals surface area contributed by atoms with Crippen molar-refractivity contribution in [1.29, 1.82) is 5.26 Å². The standard InChI is InChI=1S/C70H42N4/c71-43-55-34-33-50(46-20-10-21-47(37-46)51-35-36-60-61-31-13-18-44-19-14-32-62(67(44)61)66(60)41-51)40-64(55)52-24-11-22-48(38-52)49-23-12-25-54(39-49)69-72-68(45-15-2-1-3-16-45)73-70(74-69)63-30-9-8-29-59(63)65-42-53-17-4-5-26-56(53)57-27-6-7-28-58(57)65/h1-42H. The number of nitrogens with zero attached hydrogens (tertiary/aromatic N) is 4. The van der Waals surface area contributed by atoms with Crippen LogP contribution in [0.25, 0.3) is 144 Å². The van der Waals surface area contributed by atoms with Gasteiger partial charge in [-0.2, -0.15) is 5.26 Å². The molecule has 1 aromatic heterocycles. The summed E-state index contributed by atoms with van der Waals surface area (Å²) < 4.78 is 0. The molecule has 0 fully saturated rings. The number of fused-ring (bicyclic) bond motifs is 6. The van der Waals surface area contributed by atoms with Crippen LogP contribution < -0.4 is 0 Å². The highest BCUT2D eigenvalue weighted by Crippen LogP contribution is 2.48. The summed E-state index contributed by atoms with van der Waals surface area (Å²) in [5, 5.41) is 17.9. The fourth-order valence-electron chi connectivity index (χ4n) is 11.1. The van der Waals surface area contributed by atoms with Gasteiger partial charge >= 0.3 is 0 Å². The minimum atomic E-state index is 0.578. The largest absolute Gasteiger partial charge is 0.208 e. The molecule has 0 saturated carbocycles. The highest BCUT2D eigenvalue weighted by atomic mass is 15.0. The molecule has 12 aromatic carbocycles. The van der Waals surface area contributed by atoms with Gasteiger partial charge in [-0.1, -0.05) is 212 Å². The first kappa shape index (κ1) is 42.8. The fourth-order valence-corrected chi connectivity index (χ4v) is 11.1. The number of rotatable bonds is 8. The minimum absolute atomic E-state index is 0.578. The van der Waals surface area contributed by atoms with Gasteiger partial charge in [-0.25, -0.2) is 15.0 Å². The predicted molar refractivity (Wildman–Crippen MR) is 305 cm³/mol. The van der Waals surface area contributed by atoms with Crippen LogP contribution >= 0.6 is 0 Å². The van der Waals surface area contributed by atoms with Crippen molar-refractivity contribution in [2.24, 2.45) is 0 Å². The van der Waals surface area contributed by atoms with Crippen molar-refractivity contribution in [2.45, 2.75) is 0 Å². The van der Waals surface area contributed by atoms with Gasteiger partial charge in [-0.05, 0) is 147 Å². The highest BCUT2D eigenvalue weighted by molar-refractivity contribution is 6.16. The lowest BCUT2D eigenvalue weighted by Gasteiger charge is -2.15. The van der Waals surface area contributed by atoms with Crippen molar-refractivity contribution in [3.63, 3.8) is 0 Å². The molecule has 4 nitrogen and oxygen atoms in total. The van der Waals surface area contributed by atoms with Crippen molar-refractivity contribution < 1.29 is 0 Å². The molecule has 74 heavy (non-hydrogen) atoms. The first-order valence-electron chi connectivity index (χ1n) is 25.0. The first-order chi connectivity index (χ1) is 36.6. The van der Waals surface area contributed by atoms with Crippen LogP contribution in [0, 0.1) is 11.3 Å². The predicted octanol–water partition coefficient (Wildman–Crippen LogP) is 18.2. The van der Waals surface area contributed by atoms with Crippen LogP contribution in [0.15, 0.2) is 255 Å². The van der Waals surface area contributed by atoms with E-state index >= 15 is 0 Å². The van der Waals surface area contributed by atoms with E-state index in [2.05, 4.69) is 224 Å². The van der Waals surface area contributed by atoms with Gasteiger partial charge in [0.2, 0.25) is 0 Å². The monoisotopic (exact) mass is 938 g/mol. The summed E-state index contributed by atoms with van der Waals surface area (Å²) in [7, 11) is 0. The Kier molecular flexibility index (Phi) is 10.2. The summed E-state index contributed by atoms with van der Waals surface area (Å²) in [6.45, 7) is 0. The first-order valence-corrected chi connectivity index (χ1v) is 25.0. The smallest absolute Gasteiger partial charge is 0.164 e. The van der Waals surface area contributed by atoms with Crippen molar-refractivity contribution in [3.05, 3.63) is 260 Å². The van der Waals surface area contributed by atoms with Gasteiger partial charge in [-0.15, -0.1) is 0 Å². The quantitative estimate of drug-likeness (QED) is 0.142. The average molecular weight is 939 g/mol. The van der Waals surface area contributed by atoms with E-state index in [1.165, 1.54) is 60.1 Å². The lowest BCUT2D eigenvalue weighted by molar-refractivity contribution is 1.07. The summed E-state index contributed by atoms with van der Waals surface area (Å²) in [5.41, 5.74) is 18.9. The molecule has 0 aliphatic heterocycles. The summed E-state index contributed by atoms with van der Waals surface area (Å²) in [6.07, 6.45) is 0. The summed E-state index contributed by atoms with van der Waals surface area (Å²) in [4.78, 5) is 15.6. The zero-order valence-electron chi connectivity index (χ0n) is 40.0. The Morgan fingerprint density at radius 2 is 0.703 bits per heavy atom. The Balaban J connectivity index is 0.824. The lowest BCUT2D eigenvalue weighted by Crippen LogP contribution is -2.01. The maximum absolute atomic E-state index is 10.5. The van der Waals surface area contributed by atoms with Crippen LogP contribution in [0.3, 0.4) is 0 Å². The van der Waals surface area contributed by atoms with E-state index in [-0.39, 0.29) is 0 Å². The summed E-state index contributed by atoms with van der Waals surface area (Å²) in [6, 6.07) is 92.3. The molecule has 1 aliphatic rings. The van der Waals surface area contributed by atoms with Gasteiger partial charge in [-0.3, -0.25) is 0 Å². The van der Waals surface area contributed by atoms with Crippen LogP contribution in [-0.2, 0) is 0 Å². The van der Waals surface area contributed by atoms with Gasteiger partial charge in [0.25, 0.3) is 0 Å². The van der Waals surface area contributed by atoms with Gasteiger partial charge < -0.3 is 0 Å². The Morgan fingerprint density at radius 3 is 1.43 bits per heavy atom. The molecule has 4 heteroatoms. The van der Waals surface area contributed by atoms with Crippen LogP contribution in [-0.4, -0.2) is 15.0 Å². The van der Waals surface area contributed by atoms with Gasteiger partial charge in [0.05, 0.1) is 11.6 Å². The molecule has 1 aliphatic carbocycles. The molecule has 0 spiro atoms. The maximum Gasteiger partial charge on any atom is 0.164 e. The number of hydrogen-bond acceptors (Lipinski definition) is 4. The molecule has 14 rings (SSSR count). The topological polar surface area (TPSA) is 62.5 Å². The maximum atomic E-state index is 10.5. The van der Waals surface area contributed by atoms with Crippen LogP contribution in [0.5, 0.6) is 0 Å². The number of aromatic nitrogens is 3. The minimum Gasteiger partial charge on any atom is -0.208 e. The molecule has 0 bridgehead atoms. The molecular weight excluding hydrogens is 897 g/mol. The van der Waals surface area contributed by atoms with Crippen molar-refractivity contribution in [1.82, 2.24) is 15.0 Å². The molecule has 0 unspecified atom stereocenters. The lowest BCUT2D eigenvalue weighted by atomic mass is 9.91. The van der Waals surface area contributed by atoms with Crippen molar-refractivity contribution in [3.8, 4) is 118 Å².